The quantitative estimate of drug-likeness (QED) is 0.293. The van der Waals surface area contributed by atoms with E-state index >= 15 is 0 Å². The number of pyridine rings is 1. The van der Waals surface area contributed by atoms with E-state index in [2.05, 4.69) is 15.2 Å². The fraction of sp³-hybridized carbons (Fsp3) is 0.318. The monoisotopic (exact) mass is 530 g/mol. The first-order chi connectivity index (χ1) is 16.1. The van der Waals surface area contributed by atoms with Crippen molar-refractivity contribution in [1.82, 2.24) is 19.6 Å². The Balaban J connectivity index is 1.71. The van der Waals surface area contributed by atoms with Crippen LogP contribution in [0.2, 0.25) is 10.0 Å². The van der Waals surface area contributed by atoms with Gasteiger partial charge < -0.3 is 14.2 Å². The predicted molar refractivity (Wildman–Crippen MR) is 126 cm³/mol. The number of nitrogens with zero attached hydrogens (tertiary/aromatic N) is 4. The lowest BCUT2D eigenvalue weighted by Gasteiger charge is -2.14. The first-order valence-corrected chi connectivity index (χ1v) is 11.9. The summed E-state index contributed by atoms with van der Waals surface area (Å²) in [7, 11) is 0. The Morgan fingerprint density at radius 1 is 1.12 bits per heavy atom. The molecule has 0 aliphatic carbocycles. The van der Waals surface area contributed by atoms with E-state index in [0.29, 0.717) is 26.5 Å². The van der Waals surface area contributed by atoms with Crippen LogP contribution in [0.25, 0.3) is 26.9 Å². The molecule has 3 aromatic heterocycles. The van der Waals surface area contributed by atoms with E-state index in [0.717, 1.165) is 36.2 Å². The summed E-state index contributed by atoms with van der Waals surface area (Å²) in [5, 5.41) is 19.2. The molecule has 34 heavy (non-hydrogen) atoms. The van der Waals surface area contributed by atoms with E-state index in [4.69, 9.17) is 27.9 Å². The molecule has 0 saturated heterocycles. The highest BCUT2D eigenvalue weighted by Gasteiger charge is 2.32. The number of alkyl halides is 3. The number of hydrogen-bond acceptors (Lipinski definition) is 6. The third-order valence-corrected chi connectivity index (χ3v) is 6.42. The van der Waals surface area contributed by atoms with E-state index in [-0.39, 0.29) is 17.3 Å². The minimum Gasteiger partial charge on any atom is -0.489 e. The summed E-state index contributed by atoms with van der Waals surface area (Å²) >= 11 is 13.7. The number of fused-ring (bicyclic) bond motifs is 1. The molecule has 1 aromatic carbocycles. The van der Waals surface area contributed by atoms with Gasteiger partial charge in [0, 0.05) is 18.0 Å². The maximum Gasteiger partial charge on any atom is 0.417 e. The molecule has 12 heteroatoms. The standard InChI is InChI=1S/C22H19Cl2F3N4O2S/c1-3-4-12-5-18(33-10-11(2)32)15(23)7-14(12)20-29-30-21(34-20)17-9-31-8-13(22(25,26)27)6-16(24)19(31)28-17/h5-9,11,32H,3-4,10H2,1-2H3. The van der Waals surface area contributed by atoms with Crippen molar-refractivity contribution in [2.24, 2.45) is 0 Å². The summed E-state index contributed by atoms with van der Waals surface area (Å²) in [6.07, 6.45) is -1.20. The Bertz CT molecular complexity index is 1340. The number of aliphatic hydroxyl groups excluding tert-OH is 1. The van der Waals surface area contributed by atoms with Gasteiger partial charge in [0.2, 0.25) is 0 Å². The van der Waals surface area contributed by atoms with E-state index in [1.165, 1.54) is 21.9 Å². The fourth-order valence-electron chi connectivity index (χ4n) is 3.34. The molecule has 1 N–H and O–H groups in total. The minimum absolute atomic E-state index is 0.111. The molecule has 0 saturated carbocycles. The second-order valence-electron chi connectivity index (χ2n) is 7.69. The summed E-state index contributed by atoms with van der Waals surface area (Å²) in [4.78, 5) is 4.35. The van der Waals surface area contributed by atoms with Gasteiger partial charge in [0.15, 0.2) is 10.7 Å². The maximum atomic E-state index is 13.1. The van der Waals surface area contributed by atoms with Crippen LogP contribution in [0.3, 0.4) is 0 Å². The van der Waals surface area contributed by atoms with Gasteiger partial charge in [-0.25, -0.2) is 4.98 Å². The van der Waals surface area contributed by atoms with Crippen LogP contribution in [0.15, 0.2) is 30.6 Å². The van der Waals surface area contributed by atoms with Gasteiger partial charge in [-0.15, -0.1) is 10.2 Å². The topological polar surface area (TPSA) is 72.5 Å². The molecule has 0 spiro atoms. The van der Waals surface area contributed by atoms with Gasteiger partial charge in [-0.2, -0.15) is 13.2 Å². The van der Waals surface area contributed by atoms with Gasteiger partial charge in [0.05, 0.1) is 21.7 Å². The normalized spacial score (nSPS) is 12.9. The Morgan fingerprint density at radius 2 is 1.85 bits per heavy atom. The third kappa shape index (κ3) is 5.14. The smallest absolute Gasteiger partial charge is 0.417 e. The van der Waals surface area contributed by atoms with Gasteiger partial charge in [0.1, 0.15) is 23.1 Å². The molecule has 0 aliphatic heterocycles. The van der Waals surface area contributed by atoms with Crippen molar-refractivity contribution in [3.05, 3.63) is 51.8 Å². The Labute approximate surface area is 206 Å². The van der Waals surface area contributed by atoms with Crippen LogP contribution in [0.5, 0.6) is 5.75 Å². The molecule has 1 unspecified atom stereocenters. The Hall–Kier alpha value is -2.40. The second kappa shape index (κ2) is 9.69. The number of halogens is 5. The molecule has 3 heterocycles. The van der Waals surface area contributed by atoms with Crippen molar-refractivity contribution >= 4 is 40.2 Å². The maximum absolute atomic E-state index is 13.1. The van der Waals surface area contributed by atoms with Gasteiger partial charge in [-0.3, -0.25) is 0 Å². The number of aliphatic hydroxyl groups is 1. The van der Waals surface area contributed by atoms with E-state index < -0.39 is 17.8 Å². The molecule has 0 radical (unpaired) electrons. The minimum atomic E-state index is -4.53. The zero-order chi connectivity index (χ0) is 24.6. The van der Waals surface area contributed by atoms with E-state index in [9.17, 15) is 18.3 Å². The zero-order valence-corrected chi connectivity index (χ0v) is 20.4. The summed E-state index contributed by atoms with van der Waals surface area (Å²) in [5.74, 6) is 0.468. The lowest BCUT2D eigenvalue weighted by Crippen LogP contribution is -2.13. The number of ether oxygens (including phenoxy) is 1. The molecule has 4 rings (SSSR count). The van der Waals surface area contributed by atoms with E-state index in [1.54, 1.807) is 13.0 Å². The van der Waals surface area contributed by atoms with Crippen molar-refractivity contribution < 1.29 is 23.0 Å². The van der Waals surface area contributed by atoms with Crippen LogP contribution < -0.4 is 4.74 Å². The van der Waals surface area contributed by atoms with E-state index in [1.807, 2.05) is 13.0 Å². The number of aryl methyl sites for hydroxylation is 1. The van der Waals surface area contributed by atoms with Gasteiger partial charge in [-0.05, 0) is 37.1 Å². The molecule has 4 aromatic rings. The van der Waals surface area contributed by atoms with Gasteiger partial charge in [0.25, 0.3) is 0 Å². The predicted octanol–water partition coefficient (Wildman–Crippen LogP) is 6.56. The van der Waals surface area contributed by atoms with Crippen LogP contribution in [0.1, 0.15) is 31.4 Å². The van der Waals surface area contributed by atoms with Crippen LogP contribution in [0, 0.1) is 0 Å². The largest absolute Gasteiger partial charge is 0.489 e. The second-order valence-corrected chi connectivity index (χ2v) is 9.49. The molecule has 0 fully saturated rings. The first-order valence-electron chi connectivity index (χ1n) is 10.3. The SMILES string of the molecule is CCCc1cc(OCC(C)O)c(Cl)cc1-c1nnc(-c2cn3cc(C(F)(F)F)cc(Cl)c3n2)s1. The molecule has 0 amide bonds. The number of imidazole rings is 1. The molecular weight excluding hydrogens is 512 g/mol. The highest BCUT2D eigenvalue weighted by molar-refractivity contribution is 7.17. The number of benzene rings is 1. The Kier molecular flexibility index (Phi) is 7.04. The summed E-state index contributed by atoms with van der Waals surface area (Å²) in [6.45, 7) is 3.77. The highest BCUT2D eigenvalue weighted by Crippen LogP contribution is 2.38. The van der Waals surface area contributed by atoms with Crippen LogP contribution in [-0.2, 0) is 12.6 Å². The summed E-state index contributed by atoms with van der Waals surface area (Å²) < 4.78 is 46.2. The molecule has 0 bridgehead atoms. The number of aromatic nitrogens is 4. The lowest BCUT2D eigenvalue weighted by molar-refractivity contribution is -0.137. The van der Waals surface area contributed by atoms with Crippen LogP contribution in [-0.4, -0.2) is 37.4 Å². The number of rotatable bonds is 7. The van der Waals surface area contributed by atoms with Crippen molar-refractivity contribution in [2.45, 2.75) is 39.0 Å². The first kappa shape index (κ1) is 24.7. The molecular formula is C22H19Cl2F3N4O2S. The van der Waals surface area contributed by atoms with Gasteiger partial charge in [-0.1, -0.05) is 47.9 Å². The molecule has 6 nitrogen and oxygen atoms in total. The summed E-state index contributed by atoms with van der Waals surface area (Å²) in [5.41, 5.74) is 1.40. The highest BCUT2D eigenvalue weighted by atomic mass is 35.5. The van der Waals surface area contributed by atoms with Crippen molar-refractivity contribution in [2.75, 3.05) is 6.61 Å². The third-order valence-electron chi connectivity index (χ3n) is 4.87. The molecule has 0 aliphatic rings. The zero-order valence-electron chi connectivity index (χ0n) is 18.0. The average Bonchev–Trinajstić information content (AvgIpc) is 3.40. The molecule has 180 valence electrons. The summed E-state index contributed by atoms with van der Waals surface area (Å²) in [6, 6.07) is 4.41. The van der Waals surface area contributed by atoms with Crippen molar-refractivity contribution in [3.8, 4) is 27.0 Å². The van der Waals surface area contributed by atoms with Gasteiger partial charge >= 0.3 is 6.18 Å². The van der Waals surface area contributed by atoms with Crippen LogP contribution in [0.4, 0.5) is 13.2 Å². The van der Waals surface area contributed by atoms with Crippen LogP contribution >= 0.6 is 34.5 Å². The average molecular weight is 531 g/mol. The van der Waals surface area contributed by atoms with Crippen molar-refractivity contribution in [1.29, 1.82) is 0 Å². The Morgan fingerprint density at radius 3 is 2.53 bits per heavy atom. The fourth-order valence-corrected chi connectivity index (χ4v) is 4.67. The van der Waals surface area contributed by atoms with Crippen molar-refractivity contribution in [3.63, 3.8) is 0 Å². The lowest BCUT2D eigenvalue weighted by atomic mass is 10.0. The molecule has 1 atom stereocenters. The number of hydrogen-bond donors (Lipinski definition) is 1.